The molecule has 0 radical (unpaired) electrons. The van der Waals surface area contributed by atoms with Crippen molar-refractivity contribution in [1.29, 1.82) is 0 Å². The van der Waals surface area contributed by atoms with Gasteiger partial charge in [-0.05, 0) is 130 Å². The molecule has 2 heterocycles. The number of hydrogen-bond acceptors (Lipinski definition) is 10. The normalized spacial score (nSPS) is 23.4. The van der Waals surface area contributed by atoms with Crippen LogP contribution in [0.2, 0.25) is 0 Å². The summed E-state index contributed by atoms with van der Waals surface area (Å²) in [7, 11) is 0. The fourth-order valence-corrected chi connectivity index (χ4v) is 10.2. The fraction of sp³-hybridized carbons (Fsp3) is 0.444. The van der Waals surface area contributed by atoms with Crippen LogP contribution < -0.4 is 18.9 Å². The lowest BCUT2D eigenvalue weighted by molar-refractivity contribution is -0.254. The fourth-order valence-electron chi connectivity index (χ4n) is 10.2. The molecule has 4 aromatic carbocycles. The van der Waals surface area contributed by atoms with Gasteiger partial charge in [-0.3, -0.25) is 4.79 Å². The number of oxime groups is 1. The monoisotopic (exact) mass is 884 g/mol. The Hall–Kier alpha value is -5.62. The minimum atomic E-state index is -1.39. The predicted octanol–water partition coefficient (Wildman–Crippen LogP) is 10.9. The van der Waals surface area contributed by atoms with Crippen LogP contribution in [0.25, 0.3) is 11.1 Å². The molecule has 6 atom stereocenters. The zero-order valence-corrected chi connectivity index (χ0v) is 38.2. The van der Waals surface area contributed by atoms with Gasteiger partial charge in [-0.25, -0.2) is 0 Å². The Labute approximate surface area is 383 Å². The third kappa shape index (κ3) is 9.83. The molecule has 1 amide bonds. The summed E-state index contributed by atoms with van der Waals surface area (Å²) in [4.78, 5) is 23.4. The molecule has 0 spiro atoms. The van der Waals surface area contributed by atoms with Crippen molar-refractivity contribution < 1.29 is 43.5 Å². The number of fused-ring (bicyclic) bond motifs is 3. The molecule has 2 N–H and O–H groups in total. The Morgan fingerprint density at radius 3 is 2.31 bits per heavy atom. The van der Waals surface area contributed by atoms with Crippen molar-refractivity contribution >= 4 is 11.6 Å². The van der Waals surface area contributed by atoms with Gasteiger partial charge in [0.25, 0.3) is 5.91 Å². The zero-order valence-electron chi connectivity index (χ0n) is 38.2. The lowest BCUT2D eigenvalue weighted by atomic mass is 9.55. The standard InChI is InChI=1S/C54H64N2O9/c1-6-27-56(52(59)39-21-25-47-48(32-39)61-35-60-47)49-34-45(55-65-53(3,4)5)43-31-38(17-11-13-28-57)42(18-12-14-29-58)50-44-33-41(24-26-46(44)64-54(49,51(43)50)62-30-7-2)63-40-22-19-37(20-23-40)36-15-9-8-10-16-36/h7-10,15-16,19-26,31-33,38,42,49-51,57-58H,2,6,11-14,17-18,27-30,34-35H2,1,3-5H3. The number of benzene rings is 4. The molecule has 11 heteroatoms. The summed E-state index contributed by atoms with van der Waals surface area (Å²) >= 11 is 0. The Morgan fingerprint density at radius 2 is 1.58 bits per heavy atom. The van der Waals surface area contributed by atoms with E-state index in [4.69, 9.17) is 33.7 Å². The van der Waals surface area contributed by atoms with Gasteiger partial charge in [0, 0.05) is 43.2 Å². The van der Waals surface area contributed by atoms with Crippen LogP contribution in [0.3, 0.4) is 0 Å². The number of unbranched alkanes of at least 4 members (excludes halogenated alkanes) is 2. The number of amides is 1. The number of aliphatic hydroxyl groups excluding tert-OH is 2. The highest BCUT2D eigenvalue weighted by molar-refractivity contribution is 6.03. The molecular formula is C54H64N2O9. The second kappa shape index (κ2) is 20.3. The molecule has 11 nitrogen and oxygen atoms in total. The largest absolute Gasteiger partial charge is 0.459 e. The van der Waals surface area contributed by atoms with Crippen molar-refractivity contribution in [1.82, 2.24) is 4.90 Å². The van der Waals surface area contributed by atoms with Crippen LogP contribution in [-0.4, -0.2) is 77.3 Å². The van der Waals surface area contributed by atoms with Gasteiger partial charge < -0.3 is 43.6 Å². The third-order valence-electron chi connectivity index (χ3n) is 13.0. The quantitative estimate of drug-likeness (QED) is 0.0537. The first kappa shape index (κ1) is 45.9. The highest BCUT2D eigenvalue weighted by Crippen LogP contribution is 2.62. The van der Waals surface area contributed by atoms with E-state index >= 15 is 4.79 Å². The van der Waals surface area contributed by atoms with Gasteiger partial charge in [0.2, 0.25) is 12.6 Å². The maximum atomic E-state index is 15.1. The van der Waals surface area contributed by atoms with Crippen LogP contribution in [0, 0.1) is 17.8 Å². The van der Waals surface area contributed by atoms with E-state index in [0.29, 0.717) is 66.5 Å². The number of aliphatic hydroxyl groups is 2. The second-order valence-corrected chi connectivity index (χ2v) is 18.5. The summed E-state index contributed by atoms with van der Waals surface area (Å²) in [5.41, 5.74) is 4.81. The SMILES string of the molecule is C=CCOC12Oc3ccc(Oc4ccc(-c5ccccc5)cc4)cc3C3C(CCCCO)C(CCCCO)C=C(C(=NOC(C)(C)C)CC1N(CCC)C(=O)c1ccc4c(c1)OCO4)C32. The minimum Gasteiger partial charge on any atom is -0.459 e. The van der Waals surface area contributed by atoms with Gasteiger partial charge in [-0.15, -0.1) is 6.58 Å². The molecule has 0 aromatic heterocycles. The molecule has 65 heavy (non-hydrogen) atoms. The van der Waals surface area contributed by atoms with E-state index in [1.165, 1.54) is 0 Å². The molecular weight excluding hydrogens is 821 g/mol. The van der Waals surface area contributed by atoms with Gasteiger partial charge in [0.05, 0.1) is 18.2 Å². The molecule has 8 rings (SSSR count). The molecule has 4 aliphatic rings. The number of carbonyl (C=O) groups is 1. The Morgan fingerprint density at radius 1 is 0.877 bits per heavy atom. The number of allylic oxidation sites excluding steroid dienone is 1. The molecule has 1 fully saturated rings. The van der Waals surface area contributed by atoms with Gasteiger partial charge in [0.1, 0.15) is 28.9 Å². The summed E-state index contributed by atoms with van der Waals surface area (Å²) in [5, 5.41) is 25.0. The van der Waals surface area contributed by atoms with Crippen LogP contribution in [0.5, 0.6) is 28.7 Å². The minimum absolute atomic E-state index is 0.0662. The molecule has 0 bridgehead atoms. The summed E-state index contributed by atoms with van der Waals surface area (Å²) in [6.45, 7) is 13.0. The summed E-state index contributed by atoms with van der Waals surface area (Å²) in [6.07, 6.45) is 9.74. The van der Waals surface area contributed by atoms with E-state index < -0.39 is 23.3 Å². The van der Waals surface area contributed by atoms with E-state index in [2.05, 4.69) is 49.9 Å². The van der Waals surface area contributed by atoms with E-state index in [9.17, 15) is 10.2 Å². The second-order valence-electron chi connectivity index (χ2n) is 18.5. The molecule has 4 aromatic rings. The summed E-state index contributed by atoms with van der Waals surface area (Å²) in [6, 6.07) is 29.1. The smallest absolute Gasteiger partial charge is 0.254 e. The third-order valence-corrected chi connectivity index (χ3v) is 13.0. The Kier molecular flexibility index (Phi) is 14.3. The van der Waals surface area contributed by atoms with Crippen LogP contribution in [0.4, 0.5) is 0 Å². The zero-order chi connectivity index (χ0) is 45.6. The first-order valence-corrected chi connectivity index (χ1v) is 23.4. The van der Waals surface area contributed by atoms with Crippen molar-refractivity contribution in [2.45, 2.75) is 102 Å². The molecule has 1 saturated carbocycles. The summed E-state index contributed by atoms with van der Waals surface area (Å²) in [5.74, 6) is 1.09. The molecule has 0 saturated heterocycles. The van der Waals surface area contributed by atoms with Gasteiger partial charge in [-0.1, -0.05) is 79.5 Å². The van der Waals surface area contributed by atoms with Crippen molar-refractivity contribution in [2.75, 3.05) is 33.2 Å². The Bertz CT molecular complexity index is 2340. The molecule has 2 aliphatic heterocycles. The number of ether oxygens (including phenoxy) is 5. The average molecular weight is 885 g/mol. The van der Waals surface area contributed by atoms with Crippen molar-refractivity contribution in [3.63, 3.8) is 0 Å². The number of rotatable bonds is 19. The van der Waals surface area contributed by atoms with Crippen LogP contribution >= 0.6 is 0 Å². The highest BCUT2D eigenvalue weighted by Gasteiger charge is 2.65. The molecule has 6 unspecified atom stereocenters. The average Bonchev–Trinajstić information content (AvgIpc) is 3.79. The topological polar surface area (TPSA) is 129 Å². The lowest BCUT2D eigenvalue weighted by Gasteiger charge is -2.60. The molecule has 344 valence electrons. The van der Waals surface area contributed by atoms with Crippen molar-refractivity contribution in [2.24, 2.45) is 22.9 Å². The number of nitrogens with zero attached hydrogens (tertiary/aromatic N) is 2. The number of hydrogen-bond donors (Lipinski definition) is 2. The lowest BCUT2D eigenvalue weighted by Crippen LogP contribution is -2.70. The van der Waals surface area contributed by atoms with E-state index in [1.807, 2.05) is 68.1 Å². The van der Waals surface area contributed by atoms with Crippen LogP contribution in [0.1, 0.15) is 101 Å². The van der Waals surface area contributed by atoms with Gasteiger partial charge in [0.15, 0.2) is 11.5 Å². The van der Waals surface area contributed by atoms with Gasteiger partial charge in [-0.2, -0.15) is 0 Å². The first-order chi connectivity index (χ1) is 31.6. The van der Waals surface area contributed by atoms with Crippen molar-refractivity contribution in [3.05, 3.63) is 126 Å². The first-order valence-electron chi connectivity index (χ1n) is 23.4. The van der Waals surface area contributed by atoms with E-state index in [0.717, 1.165) is 53.7 Å². The highest BCUT2D eigenvalue weighted by atomic mass is 16.7. The predicted molar refractivity (Wildman–Crippen MR) is 252 cm³/mol. The van der Waals surface area contributed by atoms with Crippen LogP contribution in [0.15, 0.2) is 120 Å². The molecule has 2 aliphatic carbocycles. The maximum absolute atomic E-state index is 15.1. The van der Waals surface area contributed by atoms with Gasteiger partial charge >= 0.3 is 0 Å². The Balaban J connectivity index is 1.30. The van der Waals surface area contributed by atoms with E-state index in [1.54, 1.807) is 24.3 Å². The number of carbonyl (C=O) groups excluding carboxylic acids is 1. The van der Waals surface area contributed by atoms with Crippen molar-refractivity contribution in [3.8, 4) is 39.9 Å². The van der Waals surface area contributed by atoms with E-state index in [-0.39, 0.29) is 50.3 Å². The maximum Gasteiger partial charge on any atom is 0.254 e. The summed E-state index contributed by atoms with van der Waals surface area (Å²) < 4.78 is 32.6. The van der Waals surface area contributed by atoms with Crippen LogP contribution in [-0.2, 0) is 9.57 Å².